The minimum Gasteiger partial charge on any atom is -0.437 e. The second-order valence-electron chi connectivity index (χ2n) is 5.34. The lowest BCUT2D eigenvalue weighted by molar-refractivity contribution is 0.644. The fourth-order valence-corrected chi connectivity index (χ4v) is 2.80. The van der Waals surface area contributed by atoms with Crippen LogP contribution in [0.1, 0.15) is 5.56 Å². The summed E-state index contributed by atoms with van der Waals surface area (Å²) in [6.45, 7) is 1.99. The summed E-state index contributed by atoms with van der Waals surface area (Å²) in [5.74, 6) is 0. The molecule has 0 amide bonds. The van der Waals surface area contributed by atoms with Crippen molar-refractivity contribution in [2.45, 2.75) is 6.92 Å². The van der Waals surface area contributed by atoms with Crippen LogP contribution in [0.2, 0.25) is 0 Å². The van der Waals surface area contributed by atoms with Gasteiger partial charge in [-0.15, -0.1) is 0 Å². The molecule has 4 aromatic rings. The minimum atomic E-state index is -0.0387. The average Bonchev–Trinajstić information content (AvgIpc) is 2.55. The lowest BCUT2D eigenvalue weighted by Crippen LogP contribution is -2.04. The summed E-state index contributed by atoms with van der Waals surface area (Å²) in [5, 5.41) is 1.12. The van der Waals surface area contributed by atoms with E-state index in [1.807, 2.05) is 49.4 Å². The van der Waals surface area contributed by atoms with Crippen molar-refractivity contribution in [3.8, 4) is 11.1 Å². The third-order valence-corrected chi connectivity index (χ3v) is 3.78. The van der Waals surface area contributed by atoms with E-state index in [9.17, 15) is 4.79 Å². The topological polar surface area (TPSA) is 43.1 Å². The third kappa shape index (κ3) is 1.91. The van der Waals surface area contributed by atoms with E-state index in [4.69, 9.17) is 4.42 Å². The summed E-state index contributed by atoms with van der Waals surface area (Å²) in [6, 6.07) is 17.3. The number of hydrogen-bond donors (Lipinski definition) is 0. The monoisotopic (exact) mass is 287 g/mol. The van der Waals surface area contributed by atoms with Gasteiger partial charge in [0.05, 0.1) is 10.8 Å². The van der Waals surface area contributed by atoms with E-state index in [1.54, 1.807) is 18.3 Å². The Balaban J connectivity index is 2.22. The van der Waals surface area contributed by atoms with Crippen LogP contribution in [0.3, 0.4) is 0 Å². The Labute approximate surface area is 126 Å². The molecule has 2 heterocycles. The van der Waals surface area contributed by atoms with E-state index in [0.29, 0.717) is 22.1 Å². The van der Waals surface area contributed by atoms with Crippen molar-refractivity contribution in [1.82, 2.24) is 4.98 Å². The zero-order chi connectivity index (χ0) is 15.1. The van der Waals surface area contributed by atoms with Crippen molar-refractivity contribution in [2.75, 3.05) is 0 Å². The highest BCUT2D eigenvalue weighted by molar-refractivity contribution is 5.98. The maximum atomic E-state index is 12.9. The highest BCUT2D eigenvalue weighted by Crippen LogP contribution is 2.29. The Morgan fingerprint density at radius 1 is 1.00 bits per heavy atom. The molecule has 0 aliphatic heterocycles. The molecule has 0 unspecified atom stereocenters. The van der Waals surface area contributed by atoms with Crippen LogP contribution in [0.25, 0.3) is 33.2 Å². The van der Waals surface area contributed by atoms with Gasteiger partial charge in [-0.3, -0.25) is 4.79 Å². The molecule has 3 heteroatoms. The Bertz CT molecular complexity index is 1050. The van der Waals surface area contributed by atoms with E-state index in [0.717, 1.165) is 16.7 Å². The quantitative estimate of drug-likeness (QED) is 0.490. The Hall–Kier alpha value is -2.94. The largest absolute Gasteiger partial charge is 0.437 e. The molecule has 22 heavy (non-hydrogen) atoms. The van der Waals surface area contributed by atoms with E-state index in [1.165, 1.54) is 0 Å². The number of nitrogens with zero attached hydrogens (tertiary/aromatic N) is 1. The summed E-state index contributed by atoms with van der Waals surface area (Å²) in [6.07, 6.45) is 1.63. The molecule has 0 fully saturated rings. The van der Waals surface area contributed by atoms with Gasteiger partial charge in [0.1, 0.15) is 5.58 Å². The normalized spacial score (nSPS) is 11.1. The van der Waals surface area contributed by atoms with Crippen molar-refractivity contribution in [1.29, 1.82) is 0 Å². The van der Waals surface area contributed by atoms with Crippen LogP contribution >= 0.6 is 0 Å². The van der Waals surface area contributed by atoms with E-state index >= 15 is 0 Å². The second-order valence-corrected chi connectivity index (χ2v) is 5.34. The lowest BCUT2D eigenvalue weighted by atomic mass is 9.98. The van der Waals surface area contributed by atoms with Gasteiger partial charge in [-0.1, -0.05) is 36.4 Å². The SMILES string of the molecule is Cc1cc(-c2ccccc2)c2c(=O)c3cccnc3oc2c1. The molecule has 3 nitrogen and oxygen atoms in total. The molecule has 0 radical (unpaired) electrons. The Kier molecular flexibility index (Phi) is 2.79. The molecule has 0 aliphatic carbocycles. The average molecular weight is 287 g/mol. The first-order valence-electron chi connectivity index (χ1n) is 7.11. The second kappa shape index (κ2) is 4.81. The molecule has 0 spiro atoms. The summed E-state index contributed by atoms with van der Waals surface area (Å²) in [5.41, 5.74) is 3.87. The van der Waals surface area contributed by atoms with Gasteiger partial charge in [0.15, 0.2) is 0 Å². The first-order chi connectivity index (χ1) is 10.7. The number of hydrogen-bond acceptors (Lipinski definition) is 3. The molecule has 2 aromatic carbocycles. The van der Waals surface area contributed by atoms with Crippen molar-refractivity contribution in [2.24, 2.45) is 0 Å². The van der Waals surface area contributed by atoms with Crippen LogP contribution in [-0.4, -0.2) is 4.98 Å². The first-order valence-corrected chi connectivity index (χ1v) is 7.11. The zero-order valence-electron chi connectivity index (χ0n) is 12.0. The van der Waals surface area contributed by atoms with Crippen LogP contribution in [0.4, 0.5) is 0 Å². The molecular formula is C19H13NO2. The fraction of sp³-hybridized carbons (Fsp3) is 0.0526. The van der Waals surface area contributed by atoms with Crippen LogP contribution in [0.15, 0.2) is 70.0 Å². The van der Waals surface area contributed by atoms with E-state index in [-0.39, 0.29) is 5.43 Å². The smallest absolute Gasteiger partial charge is 0.230 e. The standard InChI is InChI=1S/C19H13NO2/c1-12-10-15(13-6-3-2-4-7-13)17-16(11-12)22-19-14(18(17)21)8-5-9-20-19/h2-11H,1H3. The first kappa shape index (κ1) is 12.8. The number of pyridine rings is 1. The number of fused-ring (bicyclic) bond motifs is 2. The van der Waals surface area contributed by atoms with Gasteiger partial charge in [-0.25, -0.2) is 4.98 Å². The lowest BCUT2D eigenvalue weighted by Gasteiger charge is -2.08. The number of rotatable bonds is 1. The van der Waals surface area contributed by atoms with Crippen molar-refractivity contribution in [3.05, 3.63) is 76.6 Å². The maximum absolute atomic E-state index is 12.9. The summed E-state index contributed by atoms with van der Waals surface area (Å²) in [7, 11) is 0. The zero-order valence-corrected chi connectivity index (χ0v) is 12.0. The molecule has 2 aromatic heterocycles. The molecule has 0 aliphatic rings. The van der Waals surface area contributed by atoms with Crippen molar-refractivity contribution in [3.63, 3.8) is 0 Å². The van der Waals surface area contributed by atoms with Gasteiger partial charge in [0.25, 0.3) is 0 Å². The van der Waals surface area contributed by atoms with Crippen LogP contribution in [0, 0.1) is 6.92 Å². The minimum absolute atomic E-state index is 0.0387. The fourth-order valence-electron chi connectivity index (χ4n) is 2.80. The van der Waals surface area contributed by atoms with E-state index in [2.05, 4.69) is 4.98 Å². The van der Waals surface area contributed by atoms with Gasteiger partial charge >= 0.3 is 0 Å². The van der Waals surface area contributed by atoms with Crippen LogP contribution in [0.5, 0.6) is 0 Å². The molecule has 4 rings (SSSR count). The molecule has 106 valence electrons. The van der Waals surface area contributed by atoms with Crippen molar-refractivity contribution >= 4 is 22.1 Å². The number of aromatic nitrogens is 1. The third-order valence-electron chi connectivity index (χ3n) is 3.78. The Morgan fingerprint density at radius 3 is 2.64 bits per heavy atom. The van der Waals surface area contributed by atoms with Gasteiger partial charge in [-0.2, -0.15) is 0 Å². The van der Waals surface area contributed by atoms with Crippen LogP contribution < -0.4 is 5.43 Å². The van der Waals surface area contributed by atoms with Gasteiger partial charge in [0.2, 0.25) is 11.1 Å². The summed E-state index contributed by atoms with van der Waals surface area (Å²) in [4.78, 5) is 17.1. The molecule has 0 atom stereocenters. The van der Waals surface area contributed by atoms with Crippen molar-refractivity contribution < 1.29 is 4.42 Å². The van der Waals surface area contributed by atoms with Gasteiger partial charge < -0.3 is 4.42 Å². The molecule has 0 saturated heterocycles. The van der Waals surface area contributed by atoms with Gasteiger partial charge in [-0.05, 0) is 41.8 Å². The number of benzene rings is 2. The molecular weight excluding hydrogens is 274 g/mol. The Morgan fingerprint density at radius 2 is 1.82 bits per heavy atom. The van der Waals surface area contributed by atoms with Crippen LogP contribution in [-0.2, 0) is 0 Å². The molecule has 0 bridgehead atoms. The number of aryl methyl sites for hydroxylation is 1. The summed E-state index contributed by atoms with van der Waals surface area (Å²) >= 11 is 0. The molecule has 0 saturated carbocycles. The predicted octanol–water partition coefficient (Wildman–Crippen LogP) is 4.32. The maximum Gasteiger partial charge on any atom is 0.230 e. The summed E-state index contributed by atoms with van der Waals surface area (Å²) < 4.78 is 5.86. The highest BCUT2D eigenvalue weighted by Gasteiger charge is 2.13. The molecule has 0 N–H and O–H groups in total. The predicted molar refractivity (Wildman–Crippen MR) is 88.0 cm³/mol. The highest BCUT2D eigenvalue weighted by atomic mass is 16.3. The van der Waals surface area contributed by atoms with E-state index < -0.39 is 0 Å². The van der Waals surface area contributed by atoms with Gasteiger partial charge in [0, 0.05) is 6.20 Å².